The first-order chi connectivity index (χ1) is 6.16. The van der Waals surface area contributed by atoms with Gasteiger partial charge >= 0.3 is 5.97 Å². The van der Waals surface area contributed by atoms with Crippen LogP contribution in [0.25, 0.3) is 0 Å². The normalized spacial score (nSPS) is 9.38. The standard InChI is InChI=1S/C8H6ClNO3/c1-13-8(12)6-4-10-3-2-5(6)7(9)11/h2-4H,1H3. The van der Waals surface area contributed by atoms with E-state index >= 15 is 0 Å². The van der Waals surface area contributed by atoms with E-state index in [1.54, 1.807) is 0 Å². The summed E-state index contributed by atoms with van der Waals surface area (Å²) in [6.07, 6.45) is 2.61. The Labute approximate surface area is 79.5 Å². The summed E-state index contributed by atoms with van der Waals surface area (Å²) in [6, 6.07) is 1.36. The number of nitrogens with zero attached hydrogens (tertiary/aromatic N) is 1. The van der Waals surface area contributed by atoms with E-state index in [1.807, 2.05) is 0 Å². The first-order valence-corrected chi connectivity index (χ1v) is 3.76. The highest BCUT2D eigenvalue weighted by Crippen LogP contribution is 2.10. The maximum absolute atomic E-state index is 11.1. The van der Waals surface area contributed by atoms with E-state index in [-0.39, 0.29) is 11.1 Å². The Morgan fingerprint density at radius 1 is 1.46 bits per heavy atom. The van der Waals surface area contributed by atoms with Gasteiger partial charge in [-0.05, 0) is 17.7 Å². The molecule has 1 aromatic heterocycles. The number of aromatic nitrogens is 1. The van der Waals surface area contributed by atoms with Crippen molar-refractivity contribution in [3.63, 3.8) is 0 Å². The average molecular weight is 200 g/mol. The van der Waals surface area contributed by atoms with Crippen LogP contribution in [0.2, 0.25) is 0 Å². The molecular weight excluding hydrogens is 194 g/mol. The van der Waals surface area contributed by atoms with Crippen LogP contribution in [0.5, 0.6) is 0 Å². The number of ether oxygens (including phenoxy) is 1. The molecule has 0 saturated carbocycles. The Kier molecular flexibility index (Phi) is 2.97. The Bertz CT molecular complexity index is 351. The Balaban J connectivity index is 3.19. The molecule has 0 aliphatic carbocycles. The van der Waals surface area contributed by atoms with Crippen molar-refractivity contribution in [2.75, 3.05) is 7.11 Å². The molecule has 13 heavy (non-hydrogen) atoms. The molecule has 0 saturated heterocycles. The second-order valence-corrected chi connectivity index (χ2v) is 2.53. The lowest BCUT2D eigenvalue weighted by Crippen LogP contribution is -2.07. The maximum Gasteiger partial charge on any atom is 0.340 e. The predicted octanol–water partition coefficient (Wildman–Crippen LogP) is 1.25. The topological polar surface area (TPSA) is 56.3 Å². The number of methoxy groups -OCH3 is 1. The first-order valence-electron chi connectivity index (χ1n) is 3.39. The molecule has 0 atom stereocenters. The number of hydrogen-bond donors (Lipinski definition) is 0. The van der Waals surface area contributed by atoms with Gasteiger partial charge < -0.3 is 4.74 Å². The zero-order chi connectivity index (χ0) is 9.84. The van der Waals surface area contributed by atoms with Gasteiger partial charge in [0.1, 0.15) is 0 Å². The Morgan fingerprint density at radius 3 is 2.69 bits per heavy atom. The fraction of sp³-hybridized carbons (Fsp3) is 0.125. The van der Waals surface area contributed by atoms with Gasteiger partial charge in [0.15, 0.2) is 0 Å². The summed E-state index contributed by atoms with van der Waals surface area (Å²) in [5.74, 6) is -0.628. The van der Waals surface area contributed by atoms with Crippen molar-refractivity contribution in [2.45, 2.75) is 0 Å². The molecule has 0 aliphatic heterocycles. The minimum atomic E-state index is -0.706. The van der Waals surface area contributed by atoms with E-state index in [4.69, 9.17) is 11.6 Å². The van der Waals surface area contributed by atoms with Crippen LogP contribution in [0, 0.1) is 0 Å². The van der Waals surface area contributed by atoms with Crippen molar-refractivity contribution in [2.24, 2.45) is 0 Å². The van der Waals surface area contributed by atoms with Gasteiger partial charge in [0.2, 0.25) is 0 Å². The summed E-state index contributed by atoms with van der Waals surface area (Å²) in [4.78, 5) is 25.6. The number of hydrogen-bond acceptors (Lipinski definition) is 4. The largest absolute Gasteiger partial charge is 0.465 e. The summed E-state index contributed by atoms with van der Waals surface area (Å²) in [6.45, 7) is 0. The SMILES string of the molecule is COC(=O)c1cnccc1C(=O)Cl. The molecule has 1 aromatic rings. The molecule has 0 fully saturated rings. The fourth-order valence-electron chi connectivity index (χ4n) is 0.838. The maximum atomic E-state index is 11.1. The van der Waals surface area contributed by atoms with E-state index in [2.05, 4.69) is 9.72 Å². The van der Waals surface area contributed by atoms with E-state index in [1.165, 1.54) is 25.6 Å². The van der Waals surface area contributed by atoms with Crippen LogP contribution in [0.4, 0.5) is 0 Å². The fourth-order valence-corrected chi connectivity index (χ4v) is 1.00. The molecule has 68 valence electrons. The Morgan fingerprint density at radius 2 is 2.15 bits per heavy atom. The molecule has 0 aromatic carbocycles. The molecule has 0 bridgehead atoms. The number of esters is 1. The highest BCUT2D eigenvalue weighted by atomic mass is 35.5. The molecule has 0 aliphatic rings. The van der Waals surface area contributed by atoms with Gasteiger partial charge in [-0.15, -0.1) is 0 Å². The van der Waals surface area contributed by atoms with E-state index in [9.17, 15) is 9.59 Å². The smallest absolute Gasteiger partial charge is 0.340 e. The van der Waals surface area contributed by atoms with Crippen LogP contribution in [0.1, 0.15) is 20.7 Å². The highest BCUT2D eigenvalue weighted by molar-refractivity contribution is 6.68. The summed E-state index contributed by atoms with van der Waals surface area (Å²) >= 11 is 5.23. The molecule has 0 amide bonds. The molecule has 0 spiro atoms. The van der Waals surface area contributed by atoms with Crippen molar-refractivity contribution >= 4 is 22.8 Å². The monoisotopic (exact) mass is 199 g/mol. The van der Waals surface area contributed by atoms with Gasteiger partial charge in [-0.3, -0.25) is 9.78 Å². The lowest BCUT2D eigenvalue weighted by Gasteiger charge is -2.01. The van der Waals surface area contributed by atoms with Gasteiger partial charge in [-0.1, -0.05) is 0 Å². The molecule has 4 nitrogen and oxygen atoms in total. The van der Waals surface area contributed by atoms with Gasteiger partial charge in [0.05, 0.1) is 18.2 Å². The Hall–Kier alpha value is -1.42. The number of carbonyl (C=O) groups excluding carboxylic acids is 2. The lowest BCUT2D eigenvalue weighted by atomic mass is 10.1. The third kappa shape index (κ3) is 2.03. The minimum absolute atomic E-state index is 0.0741. The number of halogens is 1. The molecule has 1 rings (SSSR count). The molecule has 5 heteroatoms. The summed E-state index contributed by atoms with van der Waals surface area (Å²) in [7, 11) is 1.22. The number of rotatable bonds is 2. The second kappa shape index (κ2) is 4.00. The van der Waals surface area contributed by atoms with E-state index < -0.39 is 11.2 Å². The van der Waals surface area contributed by atoms with Crippen LogP contribution in [0.15, 0.2) is 18.5 Å². The van der Waals surface area contributed by atoms with Crippen LogP contribution < -0.4 is 0 Å². The van der Waals surface area contributed by atoms with Gasteiger partial charge in [-0.2, -0.15) is 0 Å². The lowest BCUT2D eigenvalue weighted by molar-refractivity contribution is 0.0597. The van der Waals surface area contributed by atoms with Gasteiger partial charge in [-0.25, -0.2) is 4.79 Å². The first kappa shape index (κ1) is 9.67. The van der Waals surface area contributed by atoms with Crippen molar-refractivity contribution < 1.29 is 14.3 Å². The van der Waals surface area contributed by atoms with Crippen molar-refractivity contribution in [1.82, 2.24) is 4.98 Å². The van der Waals surface area contributed by atoms with E-state index in [0.29, 0.717) is 0 Å². The molecule has 0 unspecified atom stereocenters. The number of carbonyl (C=O) groups is 2. The third-order valence-electron chi connectivity index (χ3n) is 1.44. The second-order valence-electron chi connectivity index (χ2n) is 2.19. The quantitative estimate of drug-likeness (QED) is 0.531. The minimum Gasteiger partial charge on any atom is -0.465 e. The summed E-state index contributed by atoms with van der Waals surface area (Å²) in [5, 5.41) is -0.706. The van der Waals surface area contributed by atoms with Crippen molar-refractivity contribution in [3.05, 3.63) is 29.6 Å². The molecule has 0 radical (unpaired) electrons. The van der Waals surface area contributed by atoms with Crippen LogP contribution in [-0.2, 0) is 4.74 Å². The average Bonchev–Trinajstić information content (AvgIpc) is 2.16. The zero-order valence-corrected chi connectivity index (χ0v) is 7.54. The van der Waals surface area contributed by atoms with Crippen molar-refractivity contribution in [1.29, 1.82) is 0 Å². The van der Waals surface area contributed by atoms with Crippen LogP contribution in [-0.4, -0.2) is 23.3 Å². The van der Waals surface area contributed by atoms with Crippen molar-refractivity contribution in [3.8, 4) is 0 Å². The van der Waals surface area contributed by atoms with Crippen LogP contribution in [0.3, 0.4) is 0 Å². The number of pyridine rings is 1. The van der Waals surface area contributed by atoms with Gasteiger partial charge in [0.25, 0.3) is 5.24 Å². The molecular formula is C8H6ClNO3. The highest BCUT2D eigenvalue weighted by Gasteiger charge is 2.15. The summed E-state index contributed by atoms with van der Waals surface area (Å²) in [5.41, 5.74) is 0.175. The summed E-state index contributed by atoms with van der Waals surface area (Å²) < 4.78 is 4.44. The van der Waals surface area contributed by atoms with Gasteiger partial charge in [0, 0.05) is 12.4 Å². The van der Waals surface area contributed by atoms with Crippen LogP contribution >= 0.6 is 11.6 Å². The predicted molar refractivity (Wildman–Crippen MR) is 45.8 cm³/mol. The molecule has 1 heterocycles. The zero-order valence-electron chi connectivity index (χ0n) is 6.78. The third-order valence-corrected chi connectivity index (χ3v) is 1.64. The van der Waals surface area contributed by atoms with E-state index in [0.717, 1.165) is 0 Å². The molecule has 0 N–H and O–H groups in total.